The van der Waals surface area contributed by atoms with Crippen LogP contribution < -0.4 is 14.6 Å². The standard InChI is InChI=1S/2C22H30O5S.Ca/c2*1-2-3-4-5-6-7-8-9-13-18-14-12-16-20(22(18)23)27-19-15-10-11-17-21(19)28(24,25)26;/h2*10-12,14-17,23H,2-9,13H2,1H3,(H,24,25,26);/q;;+2/p-2. The number of hydrogen-bond donors (Lipinski definition) is 2. The molecule has 0 aliphatic rings. The number of ether oxygens (including phenoxy) is 2. The number of aromatic hydroxyl groups is 1. The van der Waals surface area contributed by atoms with Gasteiger partial charge in [0.05, 0.1) is 4.90 Å². The molecule has 0 amide bonds. The van der Waals surface area contributed by atoms with Gasteiger partial charge in [-0.1, -0.05) is 164 Å². The maximum absolute atomic E-state index is 12.6. The minimum Gasteiger partial charge on any atom is -0.870 e. The molecule has 308 valence electrons. The fraction of sp³-hybridized carbons (Fsp3) is 0.455. The van der Waals surface area contributed by atoms with Gasteiger partial charge in [-0.3, -0.25) is 4.55 Å². The summed E-state index contributed by atoms with van der Waals surface area (Å²) in [5, 5.41) is 23.1. The molecule has 4 aromatic carbocycles. The molecule has 0 heterocycles. The van der Waals surface area contributed by atoms with Crippen molar-refractivity contribution >= 4 is 58.0 Å². The smallest absolute Gasteiger partial charge is 0.870 e. The van der Waals surface area contributed by atoms with Gasteiger partial charge in [0.25, 0.3) is 10.1 Å². The van der Waals surface area contributed by atoms with Gasteiger partial charge < -0.3 is 24.2 Å². The van der Waals surface area contributed by atoms with Crippen molar-refractivity contribution in [3.8, 4) is 34.5 Å². The molecule has 0 atom stereocenters. The van der Waals surface area contributed by atoms with Crippen molar-refractivity contribution in [2.75, 3.05) is 0 Å². The van der Waals surface area contributed by atoms with Gasteiger partial charge in [-0.05, 0) is 67.6 Å². The summed E-state index contributed by atoms with van der Waals surface area (Å²) in [6.07, 6.45) is 20.6. The first-order chi connectivity index (χ1) is 26.9. The zero-order valence-electron chi connectivity index (χ0n) is 33.5. The van der Waals surface area contributed by atoms with E-state index in [0.29, 0.717) is 12.0 Å². The maximum Gasteiger partial charge on any atom is 2.00 e. The molecule has 0 bridgehead atoms. The first-order valence-electron chi connectivity index (χ1n) is 19.9. The molecule has 0 radical (unpaired) electrons. The minimum absolute atomic E-state index is 0. The SMILES string of the molecule is CCCCCCCCCCc1cccc(Oc2ccccc2S(=O)(=O)O)c1O.CCCCCCCCCCc1cccc(Oc2ccccc2S(=O)(=O)[O-])c1[O-].[Ca+2]. The second-order valence-corrected chi connectivity index (χ2v) is 16.7. The van der Waals surface area contributed by atoms with Gasteiger partial charge in [-0.25, -0.2) is 8.42 Å². The number of phenolic OH excluding ortho intramolecular Hbond substituents is 1. The Morgan fingerprint density at radius 3 is 1.40 bits per heavy atom. The van der Waals surface area contributed by atoms with Gasteiger partial charge in [-0.15, -0.1) is 0 Å². The number of unbranched alkanes of at least 4 members (excludes halogenated alkanes) is 14. The monoisotopic (exact) mass is 850 g/mol. The Morgan fingerprint density at radius 2 is 0.895 bits per heavy atom. The molecule has 13 heteroatoms. The molecule has 0 spiro atoms. The third-order valence-corrected chi connectivity index (χ3v) is 11.2. The van der Waals surface area contributed by atoms with Crippen LogP contribution in [0, 0.1) is 0 Å². The van der Waals surface area contributed by atoms with Crippen LogP contribution in [0.3, 0.4) is 0 Å². The van der Waals surface area contributed by atoms with Crippen molar-refractivity contribution in [2.45, 2.75) is 139 Å². The summed E-state index contributed by atoms with van der Waals surface area (Å²) < 4.78 is 77.5. The van der Waals surface area contributed by atoms with Crippen LogP contribution in [-0.2, 0) is 33.1 Å². The predicted molar refractivity (Wildman–Crippen MR) is 223 cm³/mol. The molecule has 4 aromatic rings. The van der Waals surface area contributed by atoms with E-state index in [1.54, 1.807) is 36.4 Å². The molecule has 0 aromatic heterocycles. The predicted octanol–water partition coefficient (Wildman–Crippen LogP) is 10.9. The zero-order valence-corrected chi connectivity index (χ0v) is 37.3. The molecule has 10 nitrogen and oxygen atoms in total. The Morgan fingerprint density at radius 1 is 0.509 bits per heavy atom. The number of rotatable bonds is 24. The van der Waals surface area contributed by atoms with Crippen LogP contribution in [0.1, 0.15) is 128 Å². The minimum atomic E-state index is -4.68. The summed E-state index contributed by atoms with van der Waals surface area (Å²) in [7, 11) is -9.10. The van der Waals surface area contributed by atoms with Gasteiger partial charge in [-0.2, -0.15) is 8.42 Å². The van der Waals surface area contributed by atoms with E-state index < -0.39 is 25.1 Å². The first kappa shape index (κ1) is 50.3. The molecular weight excluding hydrogens is 793 g/mol. The summed E-state index contributed by atoms with van der Waals surface area (Å²) in [5.41, 5.74) is 1.42. The number of phenols is 1. The van der Waals surface area contributed by atoms with E-state index in [-0.39, 0.29) is 77.1 Å². The topological polar surface area (TPSA) is 173 Å². The average molecular weight is 851 g/mol. The van der Waals surface area contributed by atoms with E-state index in [2.05, 4.69) is 13.8 Å². The van der Waals surface area contributed by atoms with Crippen molar-refractivity contribution in [2.24, 2.45) is 0 Å². The van der Waals surface area contributed by atoms with Crippen molar-refractivity contribution in [1.82, 2.24) is 0 Å². The molecular formula is C44H58CaO10S2. The number of aryl methyl sites for hydroxylation is 2. The van der Waals surface area contributed by atoms with Crippen molar-refractivity contribution in [3.05, 3.63) is 96.1 Å². The first-order valence-corrected chi connectivity index (χ1v) is 22.8. The molecule has 4 rings (SSSR count). The van der Waals surface area contributed by atoms with Gasteiger partial charge >= 0.3 is 37.7 Å². The van der Waals surface area contributed by atoms with Crippen LogP contribution in [0.5, 0.6) is 34.5 Å². The normalized spacial score (nSPS) is 11.3. The van der Waals surface area contributed by atoms with Crippen LogP contribution in [0.15, 0.2) is 94.7 Å². The van der Waals surface area contributed by atoms with Crippen molar-refractivity contribution < 1.29 is 45.6 Å². The van der Waals surface area contributed by atoms with Crippen molar-refractivity contribution in [1.29, 1.82) is 0 Å². The molecule has 0 fully saturated rings. The van der Waals surface area contributed by atoms with Gasteiger partial charge in [0.2, 0.25) is 0 Å². The van der Waals surface area contributed by atoms with Crippen LogP contribution in [0.25, 0.3) is 0 Å². The van der Waals surface area contributed by atoms with Crippen LogP contribution >= 0.6 is 0 Å². The summed E-state index contributed by atoms with van der Waals surface area (Å²) in [6, 6.07) is 21.5. The van der Waals surface area contributed by atoms with Crippen LogP contribution in [0.4, 0.5) is 0 Å². The van der Waals surface area contributed by atoms with E-state index in [1.165, 1.54) is 120 Å². The quantitative estimate of drug-likeness (QED) is 0.0392. The Kier molecular flexibility index (Phi) is 23.8. The van der Waals surface area contributed by atoms with Gasteiger partial charge in [0, 0.05) is 0 Å². The molecule has 57 heavy (non-hydrogen) atoms. The summed E-state index contributed by atoms with van der Waals surface area (Å²) >= 11 is 0. The van der Waals surface area contributed by atoms with E-state index in [0.717, 1.165) is 37.7 Å². The molecule has 0 aliphatic carbocycles. The molecule has 2 N–H and O–H groups in total. The Bertz CT molecular complexity index is 1840. The maximum atomic E-state index is 12.6. The second kappa shape index (κ2) is 27.0. The fourth-order valence-electron chi connectivity index (χ4n) is 6.31. The Balaban J connectivity index is 0.000000387. The fourth-order valence-corrected chi connectivity index (χ4v) is 7.53. The third-order valence-electron chi connectivity index (χ3n) is 9.43. The Labute approximate surface area is 370 Å². The molecule has 0 unspecified atom stereocenters. The number of para-hydroxylation sites is 4. The number of benzene rings is 4. The summed E-state index contributed by atoms with van der Waals surface area (Å²) in [6.45, 7) is 4.42. The van der Waals surface area contributed by atoms with Gasteiger partial charge in [0.1, 0.15) is 32.3 Å². The van der Waals surface area contributed by atoms with E-state index in [4.69, 9.17) is 9.47 Å². The van der Waals surface area contributed by atoms with E-state index in [1.807, 2.05) is 6.07 Å². The van der Waals surface area contributed by atoms with Crippen LogP contribution in [-0.4, -0.2) is 68.8 Å². The van der Waals surface area contributed by atoms with Crippen LogP contribution in [0.2, 0.25) is 0 Å². The zero-order chi connectivity index (χ0) is 40.8. The largest absolute Gasteiger partial charge is 2.00 e. The summed E-state index contributed by atoms with van der Waals surface area (Å²) in [4.78, 5) is -0.800. The average Bonchev–Trinajstić information content (AvgIpc) is 3.16. The molecule has 0 saturated heterocycles. The van der Waals surface area contributed by atoms with E-state index >= 15 is 0 Å². The summed E-state index contributed by atoms with van der Waals surface area (Å²) in [5.74, 6) is -0.191. The van der Waals surface area contributed by atoms with E-state index in [9.17, 15) is 36.2 Å². The molecule has 0 saturated carbocycles. The second-order valence-electron chi connectivity index (χ2n) is 14.0. The Hall–Kier alpha value is -2.84. The molecule has 0 aliphatic heterocycles. The van der Waals surface area contributed by atoms with Gasteiger partial charge in [0.15, 0.2) is 11.5 Å². The third kappa shape index (κ3) is 18.3. The number of hydrogen-bond acceptors (Lipinski definition) is 9. The van der Waals surface area contributed by atoms with Crippen molar-refractivity contribution in [3.63, 3.8) is 0 Å².